The maximum Gasteiger partial charge on any atom is 0.248 e. The lowest BCUT2D eigenvalue weighted by Crippen LogP contribution is -2.45. The summed E-state index contributed by atoms with van der Waals surface area (Å²) in [6, 6.07) is 8.82. The van der Waals surface area contributed by atoms with Gasteiger partial charge in [0.2, 0.25) is 5.91 Å². The van der Waals surface area contributed by atoms with E-state index in [1.165, 1.54) is 11.1 Å². The summed E-state index contributed by atoms with van der Waals surface area (Å²) in [6.45, 7) is 6.60. The molecule has 1 unspecified atom stereocenters. The van der Waals surface area contributed by atoms with Crippen LogP contribution < -0.4 is 5.32 Å². The molecule has 20 heavy (non-hydrogen) atoms. The fraction of sp³-hybridized carbons (Fsp3) is 0.562. The molecule has 0 radical (unpaired) electrons. The van der Waals surface area contributed by atoms with Crippen molar-refractivity contribution in [3.05, 3.63) is 35.4 Å². The van der Waals surface area contributed by atoms with Gasteiger partial charge in [-0.1, -0.05) is 38.1 Å². The van der Waals surface area contributed by atoms with Gasteiger partial charge in [-0.3, -0.25) is 4.79 Å². The molecule has 0 bridgehead atoms. The van der Waals surface area contributed by atoms with Crippen LogP contribution in [-0.4, -0.2) is 44.2 Å². The van der Waals surface area contributed by atoms with Crippen LogP contribution in [0.15, 0.2) is 24.3 Å². The molecule has 0 aromatic heterocycles. The molecule has 1 saturated heterocycles. The van der Waals surface area contributed by atoms with Gasteiger partial charge in [-0.15, -0.1) is 0 Å². The van der Waals surface area contributed by atoms with Crippen LogP contribution in [0, 0.1) is 0 Å². The Morgan fingerprint density at radius 1 is 1.25 bits per heavy atom. The van der Waals surface area contributed by atoms with Crippen molar-refractivity contribution in [1.29, 1.82) is 0 Å². The number of hydrogen-bond donors (Lipinski definition) is 1. The highest BCUT2D eigenvalue weighted by molar-refractivity contribution is 5.78. The number of nitrogens with one attached hydrogen (secondary N) is 1. The number of rotatable bonds is 5. The van der Waals surface area contributed by atoms with Crippen LogP contribution in [0.2, 0.25) is 0 Å². The van der Waals surface area contributed by atoms with Crippen molar-refractivity contribution in [2.24, 2.45) is 0 Å². The Hall–Kier alpha value is -1.39. The van der Waals surface area contributed by atoms with Crippen LogP contribution in [0.4, 0.5) is 0 Å². The summed E-state index contributed by atoms with van der Waals surface area (Å²) < 4.78 is 5.16. The van der Waals surface area contributed by atoms with Gasteiger partial charge < -0.3 is 15.0 Å². The molecule has 1 fully saturated rings. The standard InChI is InChI=1S/C16H24N2O2/c1-12(2)13-4-6-14(7-5-13)15(17-3)10-18-8-9-20-11-16(18)19/h4-7,12,15,17H,8-11H2,1-3H3. The predicted molar refractivity (Wildman–Crippen MR) is 79.7 cm³/mol. The number of morpholine rings is 1. The fourth-order valence-electron chi connectivity index (χ4n) is 2.44. The van der Waals surface area contributed by atoms with E-state index in [0.29, 0.717) is 25.6 Å². The Bertz CT molecular complexity index is 442. The van der Waals surface area contributed by atoms with Crippen molar-refractivity contribution < 1.29 is 9.53 Å². The van der Waals surface area contributed by atoms with Gasteiger partial charge in [0.05, 0.1) is 6.61 Å². The lowest BCUT2D eigenvalue weighted by atomic mass is 9.99. The minimum absolute atomic E-state index is 0.0790. The van der Waals surface area contributed by atoms with Crippen molar-refractivity contribution in [2.75, 3.05) is 33.4 Å². The summed E-state index contributed by atoms with van der Waals surface area (Å²) in [7, 11) is 1.94. The Morgan fingerprint density at radius 2 is 1.90 bits per heavy atom. The molecule has 1 aliphatic heterocycles. The van der Waals surface area contributed by atoms with Crippen LogP contribution in [0.1, 0.15) is 36.9 Å². The molecule has 4 nitrogen and oxygen atoms in total. The molecule has 1 N–H and O–H groups in total. The molecule has 2 rings (SSSR count). The maximum atomic E-state index is 11.8. The van der Waals surface area contributed by atoms with Crippen molar-refractivity contribution in [3.8, 4) is 0 Å². The highest BCUT2D eigenvalue weighted by Gasteiger charge is 2.22. The molecular formula is C16H24N2O2. The zero-order valence-electron chi connectivity index (χ0n) is 12.6. The quantitative estimate of drug-likeness (QED) is 0.893. The second-order valence-electron chi connectivity index (χ2n) is 5.55. The van der Waals surface area contributed by atoms with Crippen molar-refractivity contribution in [3.63, 3.8) is 0 Å². The molecule has 0 saturated carbocycles. The van der Waals surface area contributed by atoms with E-state index in [2.05, 4.69) is 43.4 Å². The third kappa shape index (κ3) is 3.58. The molecule has 0 aliphatic carbocycles. The number of amides is 1. The number of carbonyl (C=O) groups excluding carboxylic acids is 1. The van der Waals surface area contributed by atoms with E-state index in [9.17, 15) is 4.79 Å². The van der Waals surface area contributed by atoms with Crippen LogP contribution in [-0.2, 0) is 9.53 Å². The van der Waals surface area contributed by atoms with Gasteiger partial charge in [-0.25, -0.2) is 0 Å². The number of benzene rings is 1. The van der Waals surface area contributed by atoms with Crippen LogP contribution in [0.5, 0.6) is 0 Å². The molecule has 1 aromatic rings. The van der Waals surface area contributed by atoms with Gasteiger partial charge in [0.1, 0.15) is 6.61 Å². The molecule has 4 heteroatoms. The van der Waals surface area contributed by atoms with E-state index in [4.69, 9.17) is 4.74 Å². The number of likely N-dealkylation sites (N-methyl/N-ethyl adjacent to an activating group) is 1. The van der Waals surface area contributed by atoms with Crippen LogP contribution in [0.25, 0.3) is 0 Å². The lowest BCUT2D eigenvalue weighted by molar-refractivity contribution is -0.143. The largest absolute Gasteiger partial charge is 0.370 e. The van der Waals surface area contributed by atoms with E-state index in [-0.39, 0.29) is 18.6 Å². The molecule has 1 heterocycles. The number of hydrogen-bond acceptors (Lipinski definition) is 3. The summed E-state index contributed by atoms with van der Waals surface area (Å²) in [5.41, 5.74) is 2.56. The van der Waals surface area contributed by atoms with E-state index in [1.807, 2.05) is 11.9 Å². The molecule has 1 amide bonds. The summed E-state index contributed by atoms with van der Waals surface area (Å²) in [6.07, 6.45) is 0. The van der Waals surface area contributed by atoms with Crippen LogP contribution in [0.3, 0.4) is 0 Å². The van der Waals surface area contributed by atoms with Crippen LogP contribution >= 0.6 is 0 Å². The van der Waals surface area contributed by atoms with E-state index in [0.717, 1.165) is 0 Å². The zero-order chi connectivity index (χ0) is 14.5. The Morgan fingerprint density at radius 3 is 2.45 bits per heavy atom. The average Bonchev–Trinajstić information content (AvgIpc) is 2.46. The molecular weight excluding hydrogens is 252 g/mol. The molecule has 1 aliphatic rings. The van der Waals surface area contributed by atoms with Crippen molar-refractivity contribution in [1.82, 2.24) is 10.2 Å². The minimum Gasteiger partial charge on any atom is -0.370 e. The van der Waals surface area contributed by atoms with Gasteiger partial charge in [-0.05, 0) is 24.1 Å². The lowest BCUT2D eigenvalue weighted by Gasteiger charge is -2.30. The Labute approximate surface area is 121 Å². The van der Waals surface area contributed by atoms with E-state index < -0.39 is 0 Å². The van der Waals surface area contributed by atoms with Crippen molar-refractivity contribution in [2.45, 2.75) is 25.8 Å². The van der Waals surface area contributed by atoms with E-state index in [1.54, 1.807) is 0 Å². The monoisotopic (exact) mass is 276 g/mol. The second kappa shape index (κ2) is 6.86. The first-order valence-electron chi connectivity index (χ1n) is 7.24. The highest BCUT2D eigenvalue weighted by atomic mass is 16.5. The molecule has 110 valence electrons. The van der Waals surface area contributed by atoms with E-state index >= 15 is 0 Å². The Balaban J connectivity index is 2.05. The maximum absolute atomic E-state index is 11.8. The zero-order valence-corrected chi connectivity index (χ0v) is 12.6. The molecule has 0 spiro atoms. The van der Waals surface area contributed by atoms with Gasteiger partial charge in [0.25, 0.3) is 0 Å². The normalized spacial score (nSPS) is 17.6. The predicted octanol–water partition coefficient (Wildman–Crippen LogP) is 1.93. The third-order valence-electron chi connectivity index (χ3n) is 3.84. The van der Waals surface area contributed by atoms with Gasteiger partial charge in [0, 0.05) is 19.1 Å². The van der Waals surface area contributed by atoms with Gasteiger partial charge >= 0.3 is 0 Å². The average molecular weight is 276 g/mol. The summed E-state index contributed by atoms with van der Waals surface area (Å²) in [5.74, 6) is 0.619. The first-order chi connectivity index (χ1) is 9.61. The third-order valence-corrected chi connectivity index (χ3v) is 3.84. The SMILES string of the molecule is CNC(CN1CCOCC1=O)c1ccc(C(C)C)cc1. The first kappa shape index (κ1) is 15.0. The number of ether oxygens (including phenoxy) is 1. The molecule has 1 aromatic carbocycles. The van der Waals surface area contributed by atoms with Gasteiger partial charge in [0.15, 0.2) is 0 Å². The highest BCUT2D eigenvalue weighted by Crippen LogP contribution is 2.20. The summed E-state index contributed by atoms with van der Waals surface area (Å²) in [5, 5.41) is 3.30. The fourth-order valence-corrected chi connectivity index (χ4v) is 2.44. The molecule has 1 atom stereocenters. The number of carbonyl (C=O) groups is 1. The van der Waals surface area contributed by atoms with Crippen molar-refractivity contribution >= 4 is 5.91 Å². The first-order valence-corrected chi connectivity index (χ1v) is 7.24. The Kier molecular flexibility index (Phi) is 5.15. The number of nitrogens with zero attached hydrogens (tertiary/aromatic N) is 1. The second-order valence-corrected chi connectivity index (χ2v) is 5.55. The smallest absolute Gasteiger partial charge is 0.248 e. The topological polar surface area (TPSA) is 41.6 Å². The minimum atomic E-state index is 0.0790. The summed E-state index contributed by atoms with van der Waals surface area (Å²) >= 11 is 0. The summed E-state index contributed by atoms with van der Waals surface area (Å²) in [4.78, 5) is 13.7. The van der Waals surface area contributed by atoms with Gasteiger partial charge in [-0.2, -0.15) is 0 Å².